The molecule has 0 aromatic rings. The molecule has 0 aromatic heterocycles. The Morgan fingerprint density at radius 1 is 1.57 bits per heavy atom. The lowest BCUT2D eigenvalue weighted by Crippen LogP contribution is -2.39. The van der Waals surface area contributed by atoms with Crippen molar-refractivity contribution in [1.29, 1.82) is 0 Å². The van der Waals surface area contributed by atoms with Gasteiger partial charge in [-0.1, -0.05) is 20.3 Å². The first-order chi connectivity index (χ1) is 6.71. The predicted molar refractivity (Wildman–Crippen MR) is 58.1 cm³/mol. The van der Waals surface area contributed by atoms with Gasteiger partial charge in [-0.25, -0.2) is 0 Å². The molecule has 0 bridgehead atoms. The Morgan fingerprint density at radius 2 is 2.29 bits per heavy atom. The van der Waals surface area contributed by atoms with Crippen LogP contribution in [0.15, 0.2) is 0 Å². The first kappa shape index (κ1) is 11.5. The topological polar surface area (TPSA) is 32.3 Å². The van der Waals surface area contributed by atoms with E-state index in [2.05, 4.69) is 19.2 Å². The molecule has 1 N–H and O–H groups in total. The van der Waals surface area contributed by atoms with E-state index in [-0.39, 0.29) is 0 Å². The van der Waals surface area contributed by atoms with Crippen LogP contribution in [0.3, 0.4) is 0 Å². The molecular weight excluding hydrogens is 176 g/mol. The zero-order valence-corrected chi connectivity index (χ0v) is 9.55. The summed E-state index contributed by atoms with van der Waals surface area (Å²) in [6, 6.07) is 0.453. The smallest absolute Gasteiger partial charge is 0.222 e. The Hall–Kier alpha value is -0.570. The van der Waals surface area contributed by atoms with Gasteiger partial charge in [0.2, 0.25) is 5.91 Å². The van der Waals surface area contributed by atoms with Gasteiger partial charge >= 0.3 is 0 Å². The summed E-state index contributed by atoms with van der Waals surface area (Å²) in [5.41, 5.74) is 0. The number of carbonyl (C=O) groups is 1. The molecule has 82 valence electrons. The van der Waals surface area contributed by atoms with Crippen LogP contribution in [0.25, 0.3) is 0 Å². The predicted octanol–water partition coefficient (Wildman–Crippen LogP) is 1.24. The number of rotatable bonds is 5. The van der Waals surface area contributed by atoms with Gasteiger partial charge in [-0.05, 0) is 19.4 Å². The molecule has 1 saturated heterocycles. The average molecular weight is 198 g/mol. The molecule has 1 aliphatic heterocycles. The number of hydrogen-bond acceptors (Lipinski definition) is 2. The molecule has 0 aliphatic carbocycles. The molecule has 0 saturated carbocycles. The third kappa shape index (κ3) is 2.71. The fraction of sp³-hybridized carbons (Fsp3) is 0.909. The van der Waals surface area contributed by atoms with E-state index in [4.69, 9.17) is 0 Å². The van der Waals surface area contributed by atoms with Crippen molar-refractivity contribution in [3.63, 3.8) is 0 Å². The van der Waals surface area contributed by atoms with Crippen LogP contribution in [-0.2, 0) is 4.79 Å². The lowest BCUT2D eigenvalue weighted by atomic mass is 10.1. The van der Waals surface area contributed by atoms with Crippen LogP contribution in [-0.4, -0.2) is 37.0 Å². The van der Waals surface area contributed by atoms with Gasteiger partial charge in [-0.3, -0.25) is 4.79 Å². The number of carbonyl (C=O) groups excluding carboxylic acids is 1. The molecule has 0 spiro atoms. The molecule has 1 rings (SSSR count). The zero-order chi connectivity index (χ0) is 10.6. The van der Waals surface area contributed by atoms with Gasteiger partial charge in [-0.2, -0.15) is 0 Å². The Balaban J connectivity index is 2.41. The summed E-state index contributed by atoms with van der Waals surface area (Å²) in [6.07, 6.45) is 2.96. The molecule has 0 radical (unpaired) electrons. The number of amides is 1. The second-order valence-corrected chi connectivity index (χ2v) is 4.17. The minimum Gasteiger partial charge on any atom is -0.341 e. The van der Waals surface area contributed by atoms with Gasteiger partial charge in [0, 0.05) is 25.6 Å². The van der Waals surface area contributed by atoms with Crippen molar-refractivity contribution in [1.82, 2.24) is 10.2 Å². The summed E-state index contributed by atoms with van der Waals surface area (Å²) in [5.74, 6) is 0.933. The van der Waals surface area contributed by atoms with E-state index in [0.29, 0.717) is 17.9 Å². The fourth-order valence-electron chi connectivity index (χ4n) is 1.99. The van der Waals surface area contributed by atoms with Gasteiger partial charge in [0.1, 0.15) is 0 Å². The van der Waals surface area contributed by atoms with Crippen molar-refractivity contribution in [2.75, 3.05) is 20.1 Å². The highest BCUT2D eigenvalue weighted by Gasteiger charge is 2.28. The largest absolute Gasteiger partial charge is 0.341 e. The third-order valence-electron chi connectivity index (χ3n) is 3.21. The molecular formula is C11H22N2O. The summed E-state index contributed by atoms with van der Waals surface area (Å²) >= 11 is 0. The number of hydrogen-bond donors (Lipinski definition) is 1. The van der Waals surface area contributed by atoms with Crippen LogP contribution in [0.1, 0.15) is 33.1 Å². The molecule has 14 heavy (non-hydrogen) atoms. The Morgan fingerprint density at radius 3 is 2.71 bits per heavy atom. The Bertz CT molecular complexity index is 190. The number of likely N-dealkylation sites (N-methyl/N-ethyl adjacent to an activating group) is 1. The molecule has 1 amide bonds. The maximum Gasteiger partial charge on any atom is 0.222 e. The van der Waals surface area contributed by atoms with Gasteiger partial charge in [0.25, 0.3) is 0 Å². The van der Waals surface area contributed by atoms with Crippen LogP contribution in [0, 0.1) is 5.92 Å². The number of nitrogens with one attached hydrogen (secondary N) is 1. The second-order valence-electron chi connectivity index (χ2n) is 4.17. The second kappa shape index (κ2) is 5.35. The summed E-state index contributed by atoms with van der Waals surface area (Å²) in [7, 11) is 1.96. The van der Waals surface area contributed by atoms with Crippen LogP contribution in [0.4, 0.5) is 0 Å². The van der Waals surface area contributed by atoms with E-state index >= 15 is 0 Å². The van der Waals surface area contributed by atoms with E-state index in [9.17, 15) is 4.79 Å². The van der Waals surface area contributed by atoms with Crippen molar-refractivity contribution >= 4 is 5.91 Å². The molecule has 3 heteroatoms. The first-order valence-corrected chi connectivity index (χ1v) is 5.66. The normalized spacial score (nSPS) is 24.4. The summed E-state index contributed by atoms with van der Waals surface area (Å²) in [5, 5.41) is 3.24. The third-order valence-corrected chi connectivity index (χ3v) is 3.21. The Labute approximate surface area is 86.9 Å². The standard InChI is InChI=1S/C11H22N2O/c1-4-9-6-11(14)13(7-9)8-10(5-2)12-3/h9-10,12H,4-8H2,1-3H3. The van der Waals surface area contributed by atoms with Crippen molar-refractivity contribution in [3.05, 3.63) is 0 Å². The van der Waals surface area contributed by atoms with E-state index in [0.717, 1.165) is 32.4 Å². The van der Waals surface area contributed by atoms with Gasteiger partial charge in [0.15, 0.2) is 0 Å². The highest BCUT2D eigenvalue weighted by atomic mass is 16.2. The van der Waals surface area contributed by atoms with Crippen molar-refractivity contribution in [2.45, 2.75) is 39.2 Å². The lowest BCUT2D eigenvalue weighted by Gasteiger charge is -2.22. The molecule has 2 atom stereocenters. The molecule has 1 aliphatic rings. The van der Waals surface area contributed by atoms with E-state index in [1.54, 1.807) is 0 Å². The molecule has 0 aromatic carbocycles. The Kier molecular flexibility index (Phi) is 4.39. The maximum absolute atomic E-state index is 11.6. The van der Waals surface area contributed by atoms with Crippen LogP contribution >= 0.6 is 0 Å². The van der Waals surface area contributed by atoms with Crippen molar-refractivity contribution in [2.24, 2.45) is 5.92 Å². The van der Waals surface area contributed by atoms with Crippen LogP contribution in [0.5, 0.6) is 0 Å². The summed E-state index contributed by atoms with van der Waals surface area (Å²) < 4.78 is 0. The quantitative estimate of drug-likeness (QED) is 0.721. The SMILES string of the molecule is CCC1CC(=O)N(CC(CC)NC)C1. The minimum atomic E-state index is 0.338. The van der Waals surface area contributed by atoms with Crippen LogP contribution in [0.2, 0.25) is 0 Å². The van der Waals surface area contributed by atoms with Gasteiger partial charge in [0.05, 0.1) is 0 Å². The van der Waals surface area contributed by atoms with E-state index < -0.39 is 0 Å². The van der Waals surface area contributed by atoms with E-state index in [1.807, 2.05) is 11.9 Å². The highest BCUT2D eigenvalue weighted by molar-refractivity contribution is 5.78. The first-order valence-electron chi connectivity index (χ1n) is 5.66. The van der Waals surface area contributed by atoms with Gasteiger partial charge in [-0.15, -0.1) is 0 Å². The average Bonchev–Trinajstić information content (AvgIpc) is 2.56. The van der Waals surface area contributed by atoms with Crippen LogP contribution < -0.4 is 5.32 Å². The fourth-order valence-corrected chi connectivity index (χ4v) is 1.99. The van der Waals surface area contributed by atoms with Gasteiger partial charge < -0.3 is 10.2 Å². The molecule has 2 unspecified atom stereocenters. The minimum absolute atomic E-state index is 0.338. The molecule has 1 fully saturated rings. The number of nitrogens with zero attached hydrogens (tertiary/aromatic N) is 1. The highest BCUT2D eigenvalue weighted by Crippen LogP contribution is 2.20. The van der Waals surface area contributed by atoms with E-state index in [1.165, 1.54) is 0 Å². The summed E-state index contributed by atoms with van der Waals surface area (Å²) in [4.78, 5) is 13.6. The zero-order valence-electron chi connectivity index (χ0n) is 9.55. The summed E-state index contributed by atoms with van der Waals surface area (Å²) in [6.45, 7) is 6.16. The van der Waals surface area contributed by atoms with Crippen molar-refractivity contribution < 1.29 is 4.79 Å². The molecule has 3 nitrogen and oxygen atoms in total. The van der Waals surface area contributed by atoms with Crippen molar-refractivity contribution in [3.8, 4) is 0 Å². The lowest BCUT2D eigenvalue weighted by molar-refractivity contribution is -0.128. The molecule has 1 heterocycles. The number of likely N-dealkylation sites (tertiary alicyclic amines) is 1. The monoisotopic (exact) mass is 198 g/mol. The maximum atomic E-state index is 11.6.